The van der Waals surface area contributed by atoms with Gasteiger partial charge in [0.05, 0.1) is 4.90 Å². The van der Waals surface area contributed by atoms with Crippen LogP contribution in [0.15, 0.2) is 64.4 Å². The monoisotopic (exact) mass is 447 g/mol. The van der Waals surface area contributed by atoms with E-state index < -0.39 is 9.84 Å². The van der Waals surface area contributed by atoms with Crippen LogP contribution < -0.4 is 0 Å². The van der Waals surface area contributed by atoms with Gasteiger partial charge < -0.3 is 5.11 Å². The smallest absolute Gasteiger partial charge is 0.217 e. The van der Waals surface area contributed by atoms with Gasteiger partial charge in [-0.05, 0) is 46.1 Å². The number of phenols is 1. The molecule has 4 nitrogen and oxygen atoms in total. The first-order valence-electron chi connectivity index (χ1n) is 10.5. The third kappa shape index (κ3) is 4.42. The van der Waals surface area contributed by atoms with Crippen LogP contribution in [0.2, 0.25) is 0 Å². The molecule has 0 amide bonds. The molecule has 32 heavy (non-hydrogen) atoms. The zero-order chi connectivity index (χ0) is 23.9. The first-order chi connectivity index (χ1) is 14.8. The van der Waals surface area contributed by atoms with Gasteiger partial charge in [0.15, 0.2) is 0 Å². The second-order valence-electron chi connectivity index (χ2n) is 10.1. The second kappa shape index (κ2) is 8.11. The molecule has 3 aromatic rings. The minimum atomic E-state index is -4.05. The molecule has 0 aliphatic carbocycles. The van der Waals surface area contributed by atoms with Crippen LogP contribution >= 0.6 is 0 Å². The van der Waals surface area contributed by atoms with Crippen molar-refractivity contribution >= 4 is 26.7 Å². The molecule has 0 spiro atoms. The van der Waals surface area contributed by atoms with Crippen molar-refractivity contribution in [2.75, 3.05) is 0 Å². The number of rotatable bonds is 3. The Hall–Kier alpha value is -3.10. The quantitative estimate of drug-likeness (QED) is 0.466. The number of phenolic OH excluding ortho intramolecular Hbond substituents is 1. The first kappa shape index (κ1) is 23.6. The zero-order valence-corrected chi connectivity index (χ0v) is 20.2. The third-order valence-corrected chi connectivity index (χ3v) is 7.21. The molecule has 0 heterocycles. The van der Waals surface area contributed by atoms with Gasteiger partial charge in [0.2, 0.25) is 9.84 Å². The number of nitriles is 1. The van der Waals surface area contributed by atoms with Crippen molar-refractivity contribution in [3.63, 3.8) is 0 Å². The zero-order valence-electron chi connectivity index (χ0n) is 19.4. The van der Waals surface area contributed by atoms with E-state index in [4.69, 9.17) is 0 Å². The number of fused-ring (bicyclic) bond motifs is 1. The van der Waals surface area contributed by atoms with E-state index in [9.17, 15) is 18.8 Å². The summed E-state index contributed by atoms with van der Waals surface area (Å²) in [4.78, 5) is -0.228. The van der Waals surface area contributed by atoms with Crippen LogP contribution in [0, 0.1) is 11.3 Å². The maximum absolute atomic E-state index is 13.5. The molecular weight excluding hydrogens is 418 g/mol. The fraction of sp³-hybridized carbons (Fsp3) is 0.296. The van der Waals surface area contributed by atoms with Gasteiger partial charge in [0.1, 0.15) is 16.7 Å². The van der Waals surface area contributed by atoms with E-state index in [0.717, 1.165) is 5.39 Å². The van der Waals surface area contributed by atoms with Gasteiger partial charge >= 0.3 is 0 Å². The van der Waals surface area contributed by atoms with Crippen LogP contribution in [0.5, 0.6) is 5.75 Å². The summed E-state index contributed by atoms with van der Waals surface area (Å²) in [6, 6.07) is 17.7. The second-order valence-corrected chi connectivity index (χ2v) is 12.0. The van der Waals surface area contributed by atoms with Crippen molar-refractivity contribution < 1.29 is 13.5 Å². The number of hydrogen-bond donors (Lipinski definition) is 1. The number of hydrogen-bond acceptors (Lipinski definition) is 4. The third-order valence-electron chi connectivity index (χ3n) is 5.48. The summed E-state index contributed by atoms with van der Waals surface area (Å²) >= 11 is 0. The van der Waals surface area contributed by atoms with Gasteiger partial charge in [-0.1, -0.05) is 77.9 Å². The van der Waals surface area contributed by atoms with Gasteiger partial charge in [-0.2, -0.15) is 5.26 Å². The van der Waals surface area contributed by atoms with E-state index in [-0.39, 0.29) is 26.4 Å². The lowest BCUT2D eigenvalue weighted by atomic mass is 9.78. The Morgan fingerprint density at radius 3 is 1.97 bits per heavy atom. The molecule has 3 aromatic carbocycles. The van der Waals surface area contributed by atoms with Gasteiger partial charge in [0, 0.05) is 16.5 Å². The highest BCUT2D eigenvalue weighted by Crippen LogP contribution is 2.40. The van der Waals surface area contributed by atoms with E-state index in [1.807, 2.05) is 65.8 Å². The van der Waals surface area contributed by atoms with E-state index in [1.165, 1.54) is 12.1 Å². The number of sulfone groups is 1. The Labute approximate surface area is 190 Å². The van der Waals surface area contributed by atoms with E-state index in [0.29, 0.717) is 22.1 Å². The molecule has 5 heteroatoms. The Morgan fingerprint density at radius 1 is 0.906 bits per heavy atom. The number of nitrogens with zero attached hydrogens (tertiary/aromatic N) is 1. The molecule has 0 saturated heterocycles. The van der Waals surface area contributed by atoms with Crippen LogP contribution in [0.4, 0.5) is 0 Å². The van der Waals surface area contributed by atoms with Crippen LogP contribution in [0.1, 0.15) is 58.2 Å². The highest BCUT2D eigenvalue weighted by molar-refractivity contribution is 7.96. The van der Waals surface area contributed by atoms with E-state index in [2.05, 4.69) is 0 Å². The summed E-state index contributed by atoms with van der Waals surface area (Å²) < 4.78 is 26.9. The molecule has 0 aliphatic rings. The highest BCUT2D eigenvalue weighted by Gasteiger charge is 2.28. The van der Waals surface area contributed by atoms with Crippen molar-refractivity contribution in [2.45, 2.75) is 57.3 Å². The Balaban J connectivity index is 2.27. The summed E-state index contributed by atoms with van der Waals surface area (Å²) in [6.45, 7) is 11.9. The van der Waals surface area contributed by atoms with Crippen LogP contribution in [-0.2, 0) is 20.7 Å². The predicted molar refractivity (Wildman–Crippen MR) is 130 cm³/mol. The molecular formula is C27H29NO3S. The average molecular weight is 448 g/mol. The molecule has 166 valence electrons. The fourth-order valence-electron chi connectivity index (χ4n) is 3.75. The first-order valence-corrected chi connectivity index (χ1v) is 12.0. The average Bonchev–Trinajstić information content (AvgIpc) is 2.70. The molecule has 0 unspecified atom stereocenters. The Bertz CT molecular complexity index is 1320. The van der Waals surface area contributed by atoms with Crippen molar-refractivity contribution in [3.8, 4) is 11.8 Å². The summed E-state index contributed by atoms with van der Waals surface area (Å²) in [7, 11) is -4.05. The molecule has 0 saturated carbocycles. The molecule has 1 N–H and O–H groups in total. The lowest BCUT2D eigenvalue weighted by molar-refractivity contribution is 0.423. The summed E-state index contributed by atoms with van der Waals surface area (Å²) in [6.07, 6.45) is 1.40. The summed E-state index contributed by atoms with van der Waals surface area (Å²) in [5.74, 6) is 0.206. The number of aromatic hydroxyl groups is 1. The minimum absolute atomic E-state index is 0.106. The van der Waals surface area contributed by atoms with Gasteiger partial charge in [-0.15, -0.1) is 0 Å². The molecule has 3 rings (SSSR count). The molecule has 0 radical (unpaired) electrons. The maximum atomic E-state index is 13.5. The van der Waals surface area contributed by atoms with Crippen molar-refractivity contribution in [1.29, 1.82) is 5.26 Å². The largest absolute Gasteiger partial charge is 0.507 e. The van der Waals surface area contributed by atoms with E-state index >= 15 is 0 Å². The van der Waals surface area contributed by atoms with Gasteiger partial charge in [-0.3, -0.25) is 0 Å². The highest BCUT2D eigenvalue weighted by atomic mass is 32.2. The number of allylic oxidation sites excluding steroid dienone is 1. The summed E-state index contributed by atoms with van der Waals surface area (Å²) in [5.41, 5.74) is 1.25. The SMILES string of the molecule is CC(C)(C)c1cc(/C=C(/C#N)S(=O)(=O)c2cccc3ccccc23)cc(C(C)(C)C)c1O. The Kier molecular flexibility index (Phi) is 5.97. The number of benzene rings is 3. The summed E-state index contributed by atoms with van der Waals surface area (Å²) in [5, 5.41) is 22.1. The van der Waals surface area contributed by atoms with E-state index in [1.54, 1.807) is 30.3 Å². The molecule has 0 aromatic heterocycles. The van der Waals surface area contributed by atoms with Crippen LogP contribution in [-0.4, -0.2) is 13.5 Å². The molecule has 0 atom stereocenters. The van der Waals surface area contributed by atoms with Gasteiger partial charge in [0.25, 0.3) is 0 Å². The molecule has 0 bridgehead atoms. The predicted octanol–water partition coefficient (Wildman–Crippen LogP) is 6.48. The van der Waals surface area contributed by atoms with Crippen molar-refractivity contribution in [3.05, 3.63) is 76.2 Å². The van der Waals surface area contributed by atoms with Crippen LogP contribution in [0.3, 0.4) is 0 Å². The fourth-order valence-corrected chi connectivity index (χ4v) is 5.13. The van der Waals surface area contributed by atoms with Gasteiger partial charge in [-0.25, -0.2) is 8.42 Å². The molecule has 0 aliphatic heterocycles. The topological polar surface area (TPSA) is 78.2 Å². The lowest BCUT2D eigenvalue weighted by Gasteiger charge is -2.28. The minimum Gasteiger partial charge on any atom is -0.507 e. The lowest BCUT2D eigenvalue weighted by Crippen LogP contribution is -2.17. The van der Waals surface area contributed by atoms with Crippen molar-refractivity contribution in [1.82, 2.24) is 0 Å². The van der Waals surface area contributed by atoms with Crippen LogP contribution in [0.25, 0.3) is 16.8 Å². The Morgan fingerprint density at radius 2 is 1.44 bits per heavy atom. The normalized spacial score (nSPS) is 13.2. The maximum Gasteiger partial charge on any atom is 0.217 e. The molecule has 0 fully saturated rings. The van der Waals surface area contributed by atoms with Crippen molar-refractivity contribution in [2.24, 2.45) is 0 Å². The standard InChI is InChI=1S/C27H29NO3S/c1-26(2,3)22-15-18(16-23(25(22)29)27(4,5)6)14-20(17-28)32(30,31)24-13-9-11-19-10-7-8-12-21(19)24/h7-16,29H,1-6H3/b20-14-.